The summed E-state index contributed by atoms with van der Waals surface area (Å²) < 4.78 is 5.53. The first-order valence-electron chi connectivity index (χ1n) is 7.71. The molecule has 4 heteroatoms. The summed E-state index contributed by atoms with van der Waals surface area (Å²) in [6.45, 7) is 8.24. The van der Waals surface area contributed by atoms with E-state index in [1.165, 1.54) is 32.4 Å². The van der Waals surface area contributed by atoms with Crippen LogP contribution in [0.15, 0.2) is 18.2 Å². The van der Waals surface area contributed by atoms with E-state index in [0.717, 1.165) is 18.0 Å². The number of hydrogen-bond donors (Lipinski definition) is 2. The van der Waals surface area contributed by atoms with Gasteiger partial charge in [-0.25, -0.2) is 0 Å². The molecule has 0 aliphatic carbocycles. The summed E-state index contributed by atoms with van der Waals surface area (Å²) in [5, 5.41) is 3.46. The highest BCUT2D eigenvalue weighted by molar-refractivity contribution is 5.72. The molecule has 1 aliphatic heterocycles. The van der Waals surface area contributed by atoms with Gasteiger partial charge in [0.1, 0.15) is 5.75 Å². The maximum Gasteiger partial charge on any atom is 0.144 e. The number of anilines is 2. The lowest BCUT2D eigenvalue weighted by Crippen LogP contribution is -2.41. The third kappa shape index (κ3) is 3.79. The van der Waals surface area contributed by atoms with Crippen molar-refractivity contribution >= 4 is 11.4 Å². The SMILES string of the molecule is CCOc1cccc(NCC(C)N2CCCCC2)c1N. The van der Waals surface area contributed by atoms with Crippen LogP contribution < -0.4 is 15.8 Å². The van der Waals surface area contributed by atoms with Crippen molar-refractivity contribution in [2.75, 3.05) is 37.3 Å². The summed E-state index contributed by atoms with van der Waals surface area (Å²) in [6, 6.07) is 6.44. The topological polar surface area (TPSA) is 50.5 Å². The minimum absolute atomic E-state index is 0.533. The molecule has 0 aromatic heterocycles. The van der Waals surface area contributed by atoms with Gasteiger partial charge in [0.05, 0.1) is 18.0 Å². The third-order valence-corrected chi connectivity index (χ3v) is 3.97. The van der Waals surface area contributed by atoms with Crippen LogP contribution in [0.4, 0.5) is 11.4 Å². The van der Waals surface area contributed by atoms with E-state index in [-0.39, 0.29) is 0 Å². The molecule has 1 heterocycles. The number of rotatable bonds is 6. The maximum absolute atomic E-state index is 6.13. The number of ether oxygens (including phenoxy) is 1. The predicted octanol–water partition coefficient (Wildman–Crippen LogP) is 2.95. The van der Waals surface area contributed by atoms with Crippen LogP contribution in [0.2, 0.25) is 0 Å². The third-order valence-electron chi connectivity index (χ3n) is 3.97. The van der Waals surface area contributed by atoms with Gasteiger partial charge in [-0.1, -0.05) is 12.5 Å². The zero-order valence-corrected chi connectivity index (χ0v) is 12.7. The quantitative estimate of drug-likeness (QED) is 0.785. The maximum atomic E-state index is 6.13. The molecule has 1 aromatic carbocycles. The van der Waals surface area contributed by atoms with Crippen molar-refractivity contribution in [2.24, 2.45) is 0 Å². The van der Waals surface area contributed by atoms with Gasteiger partial charge in [-0.3, -0.25) is 4.90 Å². The smallest absolute Gasteiger partial charge is 0.144 e. The van der Waals surface area contributed by atoms with E-state index in [0.29, 0.717) is 18.3 Å². The predicted molar refractivity (Wildman–Crippen MR) is 85.4 cm³/mol. The minimum Gasteiger partial charge on any atom is -0.492 e. The molecule has 0 radical (unpaired) electrons. The molecule has 1 unspecified atom stereocenters. The number of benzene rings is 1. The molecule has 1 saturated heterocycles. The highest BCUT2D eigenvalue weighted by atomic mass is 16.5. The van der Waals surface area contributed by atoms with Gasteiger partial charge >= 0.3 is 0 Å². The van der Waals surface area contributed by atoms with Crippen LogP contribution in [0.3, 0.4) is 0 Å². The average Bonchev–Trinajstić information content (AvgIpc) is 2.49. The zero-order chi connectivity index (χ0) is 14.4. The molecule has 112 valence electrons. The first-order chi connectivity index (χ1) is 9.72. The van der Waals surface area contributed by atoms with Gasteiger partial charge in [0.15, 0.2) is 0 Å². The molecule has 0 spiro atoms. The number of piperidine rings is 1. The zero-order valence-electron chi connectivity index (χ0n) is 12.7. The van der Waals surface area contributed by atoms with Gasteiger partial charge in [-0.05, 0) is 51.9 Å². The molecule has 3 N–H and O–H groups in total. The van der Waals surface area contributed by atoms with Crippen LogP contribution in [-0.2, 0) is 0 Å². The summed E-state index contributed by atoms with van der Waals surface area (Å²) in [7, 11) is 0. The van der Waals surface area contributed by atoms with E-state index in [1.807, 2.05) is 25.1 Å². The Kier molecular flexibility index (Phi) is 5.53. The second-order valence-corrected chi connectivity index (χ2v) is 5.48. The van der Waals surface area contributed by atoms with Crippen LogP contribution in [0.25, 0.3) is 0 Å². The Morgan fingerprint density at radius 2 is 2.05 bits per heavy atom. The molecule has 0 amide bonds. The Balaban J connectivity index is 1.91. The fraction of sp³-hybridized carbons (Fsp3) is 0.625. The van der Waals surface area contributed by atoms with Crippen molar-refractivity contribution in [3.8, 4) is 5.75 Å². The first-order valence-corrected chi connectivity index (χ1v) is 7.71. The molecule has 1 fully saturated rings. The molecular formula is C16H27N3O. The van der Waals surface area contributed by atoms with Crippen LogP contribution in [0.1, 0.15) is 33.1 Å². The summed E-state index contributed by atoms with van der Waals surface area (Å²) >= 11 is 0. The molecule has 20 heavy (non-hydrogen) atoms. The number of para-hydroxylation sites is 1. The number of nitrogens with zero attached hydrogens (tertiary/aromatic N) is 1. The molecule has 0 saturated carbocycles. The number of nitrogens with one attached hydrogen (secondary N) is 1. The van der Waals surface area contributed by atoms with Crippen molar-refractivity contribution < 1.29 is 4.74 Å². The van der Waals surface area contributed by atoms with Crippen LogP contribution in [-0.4, -0.2) is 37.2 Å². The molecule has 0 bridgehead atoms. The van der Waals surface area contributed by atoms with E-state index in [2.05, 4.69) is 17.1 Å². The number of nitrogens with two attached hydrogens (primary N) is 1. The van der Waals surface area contributed by atoms with Gasteiger partial charge in [-0.2, -0.15) is 0 Å². The second kappa shape index (κ2) is 7.39. The molecule has 1 aromatic rings. The summed E-state index contributed by atoms with van der Waals surface area (Å²) in [5.74, 6) is 0.767. The fourth-order valence-corrected chi connectivity index (χ4v) is 2.73. The van der Waals surface area contributed by atoms with Gasteiger partial charge in [0, 0.05) is 12.6 Å². The molecule has 1 aliphatic rings. The Morgan fingerprint density at radius 1 is 1.30 bits per heavy atom. The summed E-state index contributed by atoms with van der Waals surface area (Å²) in [4.78, 5) is 2.55. The molecule has 4 nitrogen and oxygen atoms in total. The highest BCUT2D eigenvalue weighted by Crippen LogP contribution is 2.29. The number of hydrogen-bond acceptors (Lipinski definition) is 4. The monoisotopic (exact) mass is 277 g/mol. The van der Waals surface area contributed by atoms with Crippen molar-refractivity contribution in [1.29, 1.82) is 0 Å². The Morgan fingerprint density at radius 3 is 2.75 bits per heavy atom. The Bertz CT molecular complexity index is 416. The van der Waals surface area contributed by atoms with E-state index in [4.69, 9.17) is 10.5 Å². The normalized spacial score (nSPS) is 17.7. The lowest BCUT2D eigenvalue weighted by Gasteiger charge is -2.32. The standard InChI is InChI=1S/C16H27N3O/c1-3-20-15-9-7-8-14(16(15)17)18-12-13(2)19-10-5-4-6-11-19/h7-9,13,18H,3-6,10-12,17H2,1-2H3. The van der Waals surface area contributed by atoms with Gasteiger partial charge in [-0.15, -0.1) is 0 Å². The van der Waals surface area contributed by atoms with Crippen molar-refractivity contribution in [2.45, 2.75) is 39.2 Å². The van der Waals surface area contributed by atoms with Crippen LogP contribution >= 0.6 is 0 Å². The lowest BCUT2D eigenvalue weighted by atomic mass is 10.1. The number of nitrogen functional groups attached to an aromatic ring is 1. The van der Waals surface area contributed by atoms with E-state index in [1.54, 1.807) is 0 Å². The Hall–Kier alpha value is -1.42. The van der Waals surface area contributed by atoms with Crippen molar-refractivity contribution in [3.63, 3.8) is 0 Å². The van der Waals surface area contributed by atoms with Gasteiger partial charge in [0.25, 0.3) is 0 Å². The van der Waals surface area contributed by atoms with Crippen LogP contribution in [0.5, 0.6) is 5.75 Å². The summed E-state index contributed by atoms with van der Waals surface area (Å²) in [5.41, 5.74) is 7.81. The lowest BCUT2D eigenvalue weighted by molar-refractivity contribution is 0.180. The molecular weight excluding hydrogens is 250 g/mol. The largest absolute Gasteiger partial charge is 0.492 e. The highest BCUT2D eigenvalue weighted by Gasteiger charge is 2.16. The van der Waals surface area contributed by atoms with E-state index in [9.17, 15) is 0 Å². The minimum atomic E-state index is 0.533. The average molecular weight is 277 g/mol. The fourth-order valence-electron chi connectivity index (χ4n) is 2.73. The molecule has 2 rings (SSSR count). The van der Waals surface area contributed by atoms with Gasteiger partial charge < -0.3 is 15.8 Å². The summed E-state index contributed by atoms with van der Waals surface area (Å²) in [6.07, 6.45) is 4.03. The van der Waals surface area contributed by atoms with Crippen LogP contribution in [0, 0.1) is 0 Å². The van der Waals surface area contributed by atoms with Crippen molar-refractivity contribution in [3.05, 3.63) is 18.2 Å². The first kappa shape index (κ1) is 15.0. The van der Waals surface area contributed by atoms with E-state index >= 15 is 0 Å². The Labute approximate surface area is 122 Å². The van der Waals surface area contributed by atoms with Crippen molar-refractivity contribution in [1.82, 2.24) is 4.90 Å². The van der Waals surface area contributed by atoms with Gasteiger partial charge in [0.2, 0.25) is 0 Å². The molecule has 1 atom stereocenters. The number of likely N-dealkylation sites (tertiary alicyclic amines) is 1. The van der Waals surface area contributed by atoms with E-state index < -0.39 is 0 Å². The second-order valence-electron chi connectivity index (χ2n) is 5.48.